The van der Waals surface area contributed by atoms with Crippen LogP contribution < -0.4 is 0 Å². The first kappa shape index (κ1) is 18.5. The van der Waals surface area contributed by atoms with Crippen LogP contribution in [0.1, 0.15) is 27.2 Å². The Bertz CT molecular complexity index is 171. The maximum atomic E-state index is 5.77. The molecule has 0 bridgehead atoms. The number of hydrogen-bond acceptors (Lipinski definition) is 6. The fourth-order valence-corrected chi connectivity index (χ4v) is 6.42. The molecule has 0 radical (unpaired) electrons. The molecule has 0 heterocycles. The minimum atomic E-state index is -2.44. The summed E-state index contributed by atoms with van der Waals surface area (Å²) in [6, 6.07) is 0.862. The highest BCUT2D eigenvalue weighted by Crippen LogP contribution is 2.27. The average molecular weight is 336 g/mol. The molecule has 0 N–H and O–H groups in total. The van der Waals surface area contributed by atoms with Gasteiger partial charge in [-0.25, -0.2) is 0 Å². The van der Waals surface area contributed by atoms with Gasteiger partial charge >= 0.3 is 8.80 Å². The van der Waals surface area contributed by atoms with Gasteiger partial charge in [0.25, 0.3) is 0 Å². The van der Waals surface area contributed by atoms with Gasteiger partial charge in [-0.1, -0.05) is 11.7 Å². The van der Waals surface area contributed by atoms with E-state index in [1.165, 1.54) is 9.83 Å². The summed E-state index contributed by atoms with van der Waals surface area (Å²) in [7, 11) is -0.937. The Kier molecular flexibility index (Phi) is 12.3. The van der Waals surface area contributed by atoms with Crippen molar-refractivity contribution in [2.75, 3.05) is 25.6 Å². The fraction of sp³-hybridized carbons (Fsp3) is 1.00. The van der Waals surface area contributed by atoms with Crippen LogP contribution in [0.25, 0.3) is 0 Å². The second kappa shape index (κ2) is 11.3. The highest BCUT2D eigenvalue weighted by molar-refractivity contribution is 9.19. The van der Waals surface area contributed by atoms with E-state index in [-0.39, 0.29) is 8.96 Å². The summed E-state index contributed by atoms with van der Waals surface area (Å²) in [5, 5.41) is 0. The molecule has 8 heteroatoms. The van der Waals surface area contributed by atoms with Crippen LogP contribution in [0.15, 0.2) is 0 Å². The molecular formula is C9H23O3S4Si+. The van der Waals surface area contributed by atoms with Gasteiger partial charge in [-0.15, -0.1) is 0 Å². The minimum absolute atomic E-state index is 0.00738. The lowest BCUT2D eigenvalue weighted by molar-refractivity contribution is 0.0712. The first-order chi connectivity index (χ1) is 8.14. The van der Waals surface area contributed by atoms with Gasteiger partial charge in [-0.05, 0) is 27.2 Å². The first-order valence-electron chi connectivity index (χ1n) is 5.77. The lowest BCUT2D eigenvalue weighted by Crippen LogP contribution is -2.46. The van der Waals surface area contributed by atoms with Crippen molar-refractivity contribution >= 4 is 50.9 Å². The Balaban J connectivity index is 4.23. The molecular weight excluding hydrogens is 312 g/mol. The molecule has 3 nitrogen and oxygen atoms in total. The zero-order valence-corrected chi connectivity index (χ0v) is 15.1. The Hall–Kier alpha value is 1.50. The van der Waals surface area contributed by atoms with E-state index in [2.05, 4.69) is 23.3 Å². The third-order valence-electron chi connectivity index (χ3n) is 1.98. The van der Waals surface area contributed by atoms with Crippen molar-refractivity contribution in [1.82, 2.24) is 0 Å². The van der Waals surface area contributed by atoms with Gasteiger partial charge in [-0.2, -0.15) is 0 Å². The predicted molar refractivity (Wildman–Crippen MR) is 87.9 cm³/mol. The molecule has 0 saturated heterocycles. The summed E-state index contributed by atoms with van der Waals surface area (Å²) in [6.07, 6.45) is 1.01. The SMILES string of the molecule is CCO[Si](CCC[S+](S)SS)(OCC)OCC. The van der Waals surface area contributed by atoms with Crippen LogP contribution in [0.4, 0.5) is 0 Å². The average Bonchev–Trinajstić information content (AvgIpc) is 2.30. The number of hydrogen-bond donors (Lipinski definition) is 2. The Morgan fingerprint density at radius 2 is 1.53 bits per heavy atom. The Morgan fingerprint density at radius 1 is 1.06 bits per heavy atom. The smallest absolute Gasteiger partial charge is 0.374 e. The van der Waals surface area contributed by atoms with Crippen LogP contribution in [-0.2, 0) is 22.2 Å². The summed E-state index contributed by atoms with van der Waals surface area (Å²) in [4.78, 5) is 0. The molecule has 0 aromatic heterocycles. The fourth-order valence-electron chi connectivity index (χ4n) is 1.45. The number of rotatable bonds is 11. The van der Waals surface area contributed by atoms with Gasteiger partial charge in [0.2, 0.25) is 0 Å². The standard InChI is InChI=1S/C9H22O3S4Si/c1-4-10-17(11-5-2,12-6-3)9-7-8-16(14)15-13/h14H,4-9H2,1-3H3/p+1. The third kappa shape index (κ3) is 8.30. The van der Waals surface area contributed by atoms with Crippen LogP contribution in [-0.4, -0.2) is 34.4 Å². The third-order valence-corrected chi connectivity index (χ3v) is 10.9. The molecule has 0 aliphatic rings. The summed E-state index contributed by atoms with van der Waals surface area (Å²) in [6.45, 7) is 7.85. The van der Waals surface area contributed by atoms with Crippen LogP contribution in [0, 0.1) is 0 Å². The first-order valence-corrected chi connectivity index (χ1v) is 12.5. The largest absolute Gasteiger partial charge is 0.501 e. The summed E-state index contributed by atoms with van der Waals surface area (Å²) in [5.74, 6) is 1.01. The van der Waals surface area contributed by atoms with Gasteiger partial charge in [0, 0.05) is 25.9 Å². The van der Waals surface area contributed by atoms with Crippen LogP contribution in [0.2, 0.25) is 6.04 Å². The molecule has 104 valence electrons. The molecule has 17 heavy (non-hydrogen) atoms. The van der Waals surface area contributed by atoms with Crippen LogP contribution in [0.3, 0.4) is 0 Å². The van der Waals surface area contributed by atoms with Crippen molar-refractivity contribution in [3.63, 3.8) is 0 Å². The van der Waals surface area contributed by atoms with Crippen molar-refractivity contribution in [2.24, 2.45) is 0 Å². The van der Waals surface area contributed by atoms with Crippen LogP contribution >= 0.6 is 33.1 Å². The van der Waals surface area contributed by atoms with Crippen molar-refractivity contribution in [2.45, 2.75) is 33.2 Å². The molecule has 0 spiro atoms. The van der Waals surface area contributed by atoms with E-state index in [1.54, 1.807) is 0 Å². The second-order valence-electron chi connectivity index (χ2n) is 3.19. The van der Waals surface area contributed by atoms with Crippen molar-refractivity contribution < 1.29 is 13.3 Å². The summed E-state index contributed by atoms with van der Waals surface area (Å²) >= 11 is 8.58. The lowest BCUT2D eigenvalue weighted by atomic mass is 10.6. The molecule has 0 aliphatic heterocycles. The molecule has 0 fully saturated rings. The van der Waals surface area contributed by atoms with Crippen molar-refractivity contribution in [1.29, 1.82) is 0 Å². The van der Waals surface area contributed by atoms with Crippen molar-refractivity contribution in [3.8, 4) is 0 Å². The molecule has 0 amide bonds. The van der Waals surface area contributed by atoms with E-state index in [9.17, 15) is 0 Å². The maximum absolute atomic E-state index is 5.77. The van der Waals surface area contributed by atoms with E-state index < -0.39 is 8.80 Å². The predicted octanol–water partition coefficient (Wildman–Crippen LogP) is 3.38. The lowest BCUT2D eigenvalue weighted by Gasteiger charge is -2.28. The van der Waals surface area contributed by atoms with E-state index in [4.69, 9.17) is 13.3 Å². The monoisotopic (exact) mass is 335 g/mol. The minimum Gasteiger partial charge on any atom is -0.374 e. The maximum Gasteiger partial charge on any atom is 0.501 e. The molecule has 0 aromatic rings. The van der Waals surface area contributed by atoms with Gasteiger partial charge in [0.05, 0.1) is 11.7 Å². The molecule has 1 unspecified atom stereocenters. The Labute approximate surface area is 122 Å². The topological polar surface area (TPSA) is 27.7 Å². The van der Waals surface area contributed by atoms with Crippen LogP contribution in [0.5, 0.6) is 0 Å². The summed E-state index contributed by atoms with van der Waals surface area (Å²) < 4.78 is 17.3. The molecule has 0 saturated carbocycles. The normalized spacial score (nSPS) is 13.9. The zero-order chi connectivity index (χ0) is 13.1. The van der Waals surface area contributed by atoms with Gasteiger partial charge in [0.15, 0.2) is 9.83 Å². The summed E-state index contributed by atoms with van der Waals surface area (Å²) in [5.41, 5.74) is 0. The highest BCUT2D eigenvalue weighted by atomic mass is 33.7. The van der Waals surface area contributed by atoms with E-state index >= 15 is 0 Å². The van der Waals surface area contributed by atoms with Gasteiger partial charge < -0.3 is 13.3 Å². The quantitative estimate of drug-likeness (QED) is 0.262. The molecule has 1 atom stereocenters. The Morgan fingerprint density at radius 3 is 1.88 bits per heavy atom. The van der Waals surface area contributed by atoms with Gasteiger partial charge in [0.1, 0.15) is 14.7 Å². The molecule has 0 rings (SSSR count). The number of thiol groups is 2. The molecule has 0 aliphatic carbocycles. The van der Waals surface area contributed by atoms with E-state index in [1.807, 2.05) is 20.8 Å². The van der Waals surface area contributed by atoms with E-state index in [0.717, 1.165) is 18.2 Å². The van der Waals surface area contributed by atoms with E-state index in [0.29, 0.717) is 19.8 Å². The molecule has 0 aromatic carbocycles. The zero-order valence-electron chi connectivity index (χ0n) is 10.7. The highest BCUT2D eigenvalue weighted by Gasteiger charge is 2.40. The second-order valence-corrected chi connectivity index (χ2v) is 12.2. The van der Waals surface area contributed by atoms with Gasteiger partial charge in [-0.3, -0.25) is 0 Å². The van der Waals surface area contributed by atoms with Crippen molar-refractivity contribution in [3.05, 3.63) is 0 Å².